The van der Waals surface area contributed by atoms with E-state index in [2.05, 4.69) is 10.1 Å². The van der Waals surface area contributed by atoms with Crippen LogP contribution < -0.4 is 0 Å². The van der Waals surface area contributed by atoms with Gasteiger partial charge in [0.25, 0.3) is 11.5 Å². The number of aromatic nitrogens is 4. The number of benzene rings is 3. The highest BCUT2D eigenvalue weighted by atomic mass is 19.1. The first-order valence-corrected chi connectivity index (χ1v) is 12.2. The molecule has 0 saturated carbocycles. The first kappa shape index (κ1) is 23.6. The van der Waals surface area contributed by atoms with E-state index in [0.29, 0.717) is 16.6 Å². The van der Waals surface area contributed by atoms with Crippen LogP contribution in [0.15, 0.2) is 85.2 Å². The molecule has 0 bridgehead atoms. The predicted molar refractivity (Wildman–Crippen MR) is 138 cm³/mol. The van der Waals surface area contributed by atoms with Crippen LogP contribution in [0.2, 0.25) is 0 Å². The number of carbonyl (C=O) groups excluding carboxylic acids is 2. The highest BCUT2D eigenvalue weighted by molar-refractivity contribution is 6.04. The Labute approximate surface area is 217 Å². The molecule has 0 unspecified atom stereocenters. The number of fused-ring (bicyclic) bond motifs is 1. The molecule has 1 aliphatic rings. The summed E-state index contributed by atoms with van der Waals surface area (Å²) >= 11 is 0. The molecule has 3 heterocycles. The van der Waals surface area contributed by atoms with Crippen LogP contribution >= 0.6 is 0 Å². The second-order valence-corrected chi connectivity index (χ2v) is 9.48. The van der Waals surface area contributed by atoms with Crippen molar-refractivity contribution < 1.29 is 18.7 Å². The number of imidazole rings is 1. The number of aromatic amines is 1. The maximum absolute atomic E-state index is 14.1. The number of cyclic esters (lactones) is 1. The Morgan fingerprint density at radius 3 is 2.50 bits per heavy atom. The van der Waals surface area contributed by atoms with Crippen molar-refractivity contribution in [3.05, 3.63) is 108 Å². The summed E-state index contributed by atoms with van der Waals surface area (Å²) in [7, 11) is 1.85. The molecule has 3 aromatic carbocycles. The minimum Gasteiger partial charge on any atom is -0.424 e. The van der Waals surface area contributed by atoms with Gasteiger partial charge in [-0.1, -0.05) is 48.5 Å². The van der Waals surface area contributed by atoms with Crippen molar-refractivity contribution in [2.75, 3.05) is 0 Å². The normalized spacial score (nSPS) is 18.2. The average molecular weight is 510 g/mol. The fraction of sp³-hybridized carbons (Fsp3) is 0.172. The highest BCUT2D eigenvalue weighted by Crippen LogP contribution is 2.41. The number of carbonyl (C=O) groups is 2. The van der Waals surface area contributed by atoms with Crippen molar-refractivity contribution in [2.24, 2.45) is 7.05 Å². The SMILES string of the molecule is C[C@H](c1ccc(F)cc1)N1C(=O)O[C@](Cc2ccccc2)(c2nc3ccc(-c4cnn(C)c4)cc3[nH]2)C1=O. The predicted octanol–water partition coefficient (Wildman–Crippen LogP) is 5.28. The van der Waals surface area contributed by atoms with Gasteiger partial charge in [0, 0.05) is 25.2 Å². The summed E-state index contributed by atoms with van der Waals surface area (Å²) in [4.78, 5) is 36.5. The molecule has 38 heavy (non-hydrogen) atoms. The van der Waals surface area contributed by atoms with Crippen LogP contribution in [0, 0.1) is 5.82 Å². The van der Waals surface area contributed by atoms with Crippen molar-refractivity contribution in [3.63, 3.8) is 0 Å². The lowest BCUT2D eigenvalue weighted by Gasteiger charge is -2.25. The standard InChI is InChI=1S/C29H24FN5O3/c1-18(20-8-11-23(30)12-9-20)35-27(36)29(38-28(35)37,15-19-6-4-3-5-7-19)26-32-24-13-10-21(14-25(24)33-26)22-16-31-34(2)17-22/h3-14,16-18H,15H2,1-2H3,(H,32,33)/t18-,29-/m1/s1. The van der Waals surface area contributed by atoms with E-state index in [9.17, 15) is 14.0 Å². The number of nitrogens with zero attached hydrogens (tertiary/aromatic N) is 4. The maximum Gasteiger partial charge on any atom is 0.418 e. The number of amides is 2. The number of imide groups is 1. The molecule has 9 heteroatoms. The van der Waals surface area contributed by atoms with E-state index in [1.54, 1.807) is 29.9 Å². The molecule has 1 fully saturated rings. The lowest BCUT2D eigenvalue weighted by molar-refractivity contribution is -0.139. The van der Waals surface area contributed by atoms with Gasteiger partial charge < -0.3 is 9.72 Å². The van der Waals surface area contributed by atoms with Crippen LogP contribution in [-0.4, -0.2) is 36.6 Å². The zero-order chi connectivity index (χ0) is 26.4. The van der Waals surface area contributed by atoms with Gasteiger partial charge in [0.15, 0.2) is 5.82 Å². The number of hydrogen-bond donors (Lipinski definition) is 1. The number of halogens is 1. The van der Waals surface area contributed by atoms with Crippen LogP contribution in [-0.2, 0) is 28.6 Å². The largest absolute Gasteiger partial charge is 0.424 e. The second kappa shape index (κ2) is 8.95. The van der Waals surface area contributed by atoms with Gasteiger partial charge in [-0.3, -0.25) is 9.48 Å². The number of aryl methyl sites for hydroxylation is 1. The Kier molecular flexibility index (Phi) is 5.56. The minimum absolute atomic E-state index is 0.0976. The number of ether oxygens (including phenoxy) is 1. The smallest absolute Gasteiger partial charge is 0.418 e. The number of nitrogens with one attached hydrogen (secondary N) is 1. The monoisotopic (exact) mass is 509 g/mol. The maximum atomic E-state index is 14.1. The van der Waals surface area contributed by atoms with Gasteiger partial charge in [-0.2, -0.15) is 5.10 Å². The zero-order valence-electron chi connectivity index (χ0n) is 20.8. The molecular weight excluding hydrogens is 485 g/mol. The summed E-state index contributed by atoms with van der Waals surface area (Å²) in [6.07, 6.45) is 3.00. The van der Waals surface area contributed by atoms with E-state index in [4.69, 9.17) is 9.72 Å². The Bertz CT molecular complexity index is 1660. The highest BCUT2D eigenvalue weighted by Gasteiger charge is 2.58. The molecule has 0 radical (unpaired) electrons. The van der Waals surface area contributed by atoms with E-state index in [1.807, 2.05) is 61.8 Å². The van der Waals surface area contributed by atoms with Crippen LogP contribution in [0.5, 0.6) is 0 Å². The summed E-state index contributed by atoms with van der Waals surface area (Å²) in [5.41, 5.74) is 2.92. The Morgan fingerprint density at radius 2 is 1.79 bits per heavy atom. The summed E-state index contributed by atoms with van der Waals surface area (Å²) in [6.45, 7) is 1.71. The van der Waals surface area contributed by atoms with Gasteiger partial charge in [0.2, 0.25) is 0 Å². The molecule has 1 saturated heterocycles. The van der Waals surface area contributed by atoms with Gasteiger partial charge in [-0.05, 0) is 47.9 Å². The van der Waals surface area contributed by atoms with Crippen LogP contribution in [0.3, 0.4) is 0 Å². The third-order valence-electron chi connectivity index (χ3n) is 6.96. The van der Waals surface area contributed by atoms with E-state index in [1.165, 1.54) is 12.1 Å². The van der Waals surface area contributed by atoms with E-state index < -0.39 is 29.5 Å². The van der Waals surface area contributed by atoms with E-state index in [0.717, 1.165) is 21.6 Å². The molecule has 0 aliphatic carbocycles. The van der Waals surface area contributed by atoms with Crippen molar-refractivity contribution in [1.29, 1.82) is 0 Å². The van der Waals surface area contributed by atoms with E-state index in [-0.39, 0.29) is 12.2 Å². The van der Waals surface area contributed by atoms with Crippen molar-refractivity contribution >= 4 is 23.0 Å². The minimum atomic E-state index is -1.69. The fourth-order valence-corrected chi connectivity index (χ4v) is 4.92. The third kappa shape index (κ3) is 3.92. The van der Waals surface area contributed by atoms with Gasteiger partial charge in [-0.25, -0.2) is 19.1 Å². The van der Waals surface area contributed by atoms with Crippen LogP contribution in [0.1, 0.15) is 29.9 Å². The van der Waals surface area contributed by atoms with Crippen LogP contribution in [0.25, 0.3) is 22.2 Å². The van der Waals surface area contributed by atoms with Gasteiger partial charge in [-0.15, -0.1) is 0 Å². The van der Waals surface area contributed by atoms with Crippen molar-refractivity contribution in [2.45, 2.75) is 25.0 Å². The average Bonchev–Trinajstić information content (AvgIpc) is 3.61. The first-order valence-electron chi connectivity index (χ1n) is 12.2. The summed E-state index contributed by atoms with van der Waals surface area (Å²) in [6, 6.07) is 20.1. The molecule has 5 aromatic rings. The van der Waals surface area contributed by atoms with Crippen molar-refractivity contribution in [1.82, 2.24) is 24.6 Å². The Balaban J connectivity index is 1.44. The van der Waals surface area contributed by atoms with Crippen LogP contribution in [0.4, 0.5) is 9.18 Å². The number of rotatable bonds is 6. The van der Waals surface area contributed by atoms with Gasteiger partial charge >= 0.3 is 6.09 Å². The third-order valence-corrected chi connectivity index (χ3v) is 6.96. The molecule has 190 valence electrons. The summed E-state index contributed by atoms with van der Waals surface area (Å²) in [5, 5.41) is 4.23. The molecule has 6 rings (SSSR count). The molecule has 2 atom stereocenters. The first-order chi connectivity index (χ1) is 18.3. The molecule has 8 nitrogen and oxygen atoms in total. The Hall–Kier alpha value is -4.79. The number of hydrogen-bond acceptors (Lipinski definition) is 5. The van der Waals surface area contributed by atoms with Gasteiger partial charge in [0.05, 0.1) is 23.3 Å². The second-order valence-electron chi connectivity index (χ2n) is 9.48. The molecule has 2 amide bonds. The molecule has 1 N–H and O–H groups in total. The van der Waals surface area contributed by atoms with E-state index >= 15 is 0 Å². The lowest BCUT2D eigenvalue weighted by atomic mass is 9.92. The molecule has 0 spiro atoms. The lowest BCUT2D eigenvalue weighted by Crippen LogP contribution is -2.42. The molecule has 1 aliphatic heterocycles. The molecule has 2 aromatic heterocycles. The summed E-state index contributed by atoms with van der Waals surface area (Å²) < 4.78 is 21.2. The summed E-state index contributed by atoms with van der Waals surface area (Å²) in [5.74, 6) is -0.691. The molecular formula is C29H24FN5O3. The Morgan fingerprint density at radius 1 is 1.03 bits per heavy atom. The quantitative estimate of drug-likeness (QED) is 0.336. The zero-order valence-corrected chi connectivity index (χ0v) is 20.8. The number of H-pyrrole nitrogens is 1. The fourth-order valence-electron chi connectivity index (χ4n) is 4.92. The van der Waals surface area contributed by atoms with Crippen molar-refractivity contribution in [3.8, 4) is 11.1 Å². The van der Waals surface area contributed by atoms with Gasteiger partial charge in [0.1, 0.15) is 5.82 Å². The topological polar surface area (TPSA) is 93.1 Å².